The van der Waals surface area contributed by atoms with Crippen LogP contribution in [0.4, 0.5) is 4.39 Å². The summed E-state index contributed by atoms with van der Waals surface area (Å²) in [7, 11) is 0. The van der Waals surface area contributed by atoms with Gasteiger partial charge in [0.1, 0.15) is 5.82 Å². The monoisotopic (exact) mass is 288 g/mol. The quantitative estimate of drug-likeness (QED) is 0.825. The van der Waals surface area contributed by atoms with Crippen molar-refractivity contribution < 1.29 is 4.39 Å². The highest BCUT2D eigenvalue weighted by molar-refractivity contribution is 7.09. The Morgan fingerprint density at radius 3 is 2.65 bits per heavy atom. The molecule has 0 bridgehead atoms. The van der Waals surface area contributed by atoms with Crippen LogP contribution in [0.2, 0.25) is 0 Å². The second kappa shape index (κ2) is 6.65. The number of nitrogens with zero attached hydrogens (tertiary/aromatic N) is 2. The fourth-order valence-electron chi connectivity index (χ4n) is 1.99. The largest absolute Gasteiger partial charge is 0.292 e. The maximum atomic E-state index is 14.0. The van der Waals surface area contributed by atoms with Crippen molar-refractivity contribution in [2.75, 3.05) is 0 Å². The highest BCUT2D eigenvalue weighted by atomic mass is 32.1. The highest BCUT2D eigenvalue weighted by Crippen LogP contribution is 2.18. The molecular weight excluding hydrogens is 271 g/mol. The van der Waals surface area contributed by atoms with E-state index in [-0.39, 0.29) is 5.82 Å². The predicted octanol–water partition coefficient (Wildman–Crippen LogP) is 4.17. The van der Waals surface area contributed by atoms with Crippen LogP contribution in [-0.4, -0.2) is 10.9 Å². The SMILES string of the molecule is CC(C)N(Cc1cccs1)Cc1ccc(C#N)cc1F. The van der Waals surface area contributed by atoms with Crippen LogP contribution in [0.25, 0.3) is 0 Å². The molecule has 0 unspecified atom stereocenters. The van der Waals surface area contributed by atoms with Crippen molar-refractivity contribution in [3.05, 3.63) is 57.5 Å². The van der Waals surface area contributed by atoms with Crippen molar-refractivity contribution in [3.63, 3.8) is 0 Å². The summed E-state index contributed by atoms with van der Waals surface area (Å²) in [5.74, 6) is -0.305. The fraction of sp³-hybridized carbons (Fsp3) is 0.312. The average Bonchev–Trinajstić information content (AvgIpc) is 2.92. The lowest BCUT2D eigenvalue weighted by molar-refractivity contribution is 0.203. The molecule has 2 rings (SSSR count). The molecule has 0 atom stereocenters. The lowest BCUT2D eigenvalue weighted by atomic mass is 10.1. The van der Waals surface area contributed by atoms with E-state index in [4.69, 9.17) is 5.26 Å². The van der Waals surface area contributed by atoms with Gasteiger partial charge in [-0.3, -0.25) is 4.90 Å². The van der Waals surface area contributed by atoms with Crippen LogP contribution in [0.15, 0.2) is 35.7 Å². The Morgan fingerprint density at radius 1 is 1.30 bits per heavy atom. The van der Waals surface area contributed by atoms with E-state index in [0.29, 0.717) is 23.7 Å². The summed E-state index contributed by atoms with van der Waals surface area (Å²) in [4.78, 5) is 3.49. The van der Waals surface area contributed by atoms with Gasteiger partial charge in [-0.25, -0.2) is 4.39 Å². The van der Waals surface area contributed by atoms with Crippen molar-refractivity contribution in [2.24, 2.45) is 0 Å². The van der Waals surface area contributed by atoms with Crippen molar-refractivity contribution in [1.82, 2.24) is 4.90 Å². The summed E-state index contributed by atoms with van der Waals surface area (Å²) >= 11 is 1.71. The van der Waals surface area contributed by atoms with Gasteiger partial charge >= 0.3 is 0 Å². The molecule has 0 saturated heterocycles. The Bertz CT molecular complexity index is 599. The van der Waals surface area contributed by atoms with Crippen LogP contribution in [0.5, 0.6) is 0 Å². The molecule has 1 aromatic heterocycles. The van der Waals surface area contributed by atoms with E-state index in [2.05, 4.69) is 30.2 Å². The Kier molecular flexibility index (Phi) is 4.89. The second-order valence-corrected chi connectivity index (χ2v) is 6.03. The third kappa shape index (κ3) is 3.66. The highest BCUT2D eigenvalue weighted by Gasteiger charge is 2.14. The number of rotatable bonds is 5. The zero-order valence-corrected chi connectivity index (χ0v) is 12.5. The molecule has 2 aromatic rings. The maximum absolute atomic E-state index is 14.0. The average molecular weight is 288 g/mol. The van der Waals surface area contributed by atoms with Crippen LogP contribution in [0, 0.1) is 17.1 Å². The molecule has 0 aliphatic heterocycles. The summed E-state index contributed by atoms with van der Waals surface area (Å²) in [6.45, 7) is 5.58. The summed E-state index contributed by atoms with van der Waals surface area (Å²) in [5, 5.41) is 10.8. The molecule has 0 aliphatic rings. The van der Waals surface area contributed by atoms with Crippen LogP contribution in [0.3, 0.4) is 0 Å². The minimum absolute atomic E-state index is 0.305. The molecule has 0 spiro atoms. The maximum Gasteiger partial charge on any atom is 0.129 e. The fourth-order valence-corrected chi connectivity index (χ4v) is 2.72. The lowest BCUT2D eigenvalue weighted by Crippen LogP contribution is -2.29. The van der Waals surface area contributed by atoms with Gasteiger partial charge in [0.15, 0.2) is 0 Å². The first-order valence-electron chi connectivity index (χ1n) is 6.55. The van der Waals surface area contributed by atoms with Gasteiger partial charge in [-0.1, -0.05) is 12.1 Å². The van der Waals surface area contributed by atoms with E-state index in [0.717, 1.165) is 6.54 Å². The van der Waals surface area contributed by atoms with Gasteiger partial charge in [0, 0.05) is 29.6 Å². The minimum atomic E-state index is -0.305. The zero-order valence-electron chi connectivity index (χ0n) is 11.6. The van der Waals surface area contributed by atoms with Crippen LogP contribution in [-0.2, 0) is 13.1 Å². The molecular formula is C16H17FN2S. The third-order valence-corrected chi connectivity index (χ3v) is 4.09. The molecule has 0 saturated carbocycles. The molecule has 0 aliphatic carbocycles. The van der Waals surface area contributed by atoms with Gasteiger partial charge in [0.2, 0.25) is 0 Å². The van der Waals surface area contributed by atoms with E-state index >= 15 is 0 Å². The summed E-state index contributed by atoms with van der Waals surface area (Å²) in [6.07, 6.45) is 0. The van der Waals surface area contributed by atoms with Gasteiger partial charge in [-0.15, -0.1) is 11.3 Å². The van der Waals surface area contributed by atoms with Crippen LogP contribution in [0.1, 0.15) is 29.9 Å². The number of benzene rings is 1. The topological polar surface area (TPSA) is 27.0 Å². The normalized spacial score (nSPS) is 11.0. The number of halogens is 1. The lowest BCUT2D eigenvalue weighted by Gasteiger charge is -2.26. The third-order valence-electron chi connectivity index (χ3n) is 3.22. The van der Waals surface area contributed by atoms with Crippen molar-refractivity contribution in [2.45, 2.75) is 33.0 Å². The number of hydrogen-bond donors (Lipinski definition) is 0. The predicted molar refractivity (Wildman–Crippen MR) is 79.8 cm³/mol. The minimum Gasteiger partial charge on any atom is -0.292 e. The Balaban J connectivity index is 2.14. The van der Waals surface area contributed by atoms with E-state index in [1.807, 2.05) is 12.1 Å². The first kappa shape index (κ1) is 14.7. The molecule has 0 amide bonds. The molecule has 104 valence electrons. The van der Waals surface area contributed by atoms with Crippen molar-refractivity contribution in [1.29, 1.82) is 5.26 Å². The Labute approximate surface area is 123 Å². The number of nitriles is 1. The van der Waals surface area contributed by atoms with E-state index in [1.165, 1.54) is 10.9 Å². The second-order valence-electron chi connectivity index (χ2n) is 5.00. The van der Waals surface area contributed by atoms with Gasteiger partial charge in [-0.05, 0) is 37.4 Å². The van der Waals surface area contributed by atoms with Gasteiger partial charge in [0.05, 0.1) is 11.6 Å². The van der Waals surface area contributed by atoms with Crippen LogP contribution < -0.4 is 0 Å². The first-order chi connectivity index (χ1) is 9.60. The zero-order chi connectivity index (χ0) is 14.5. The molecule has 2 nitrogen and oxygen atoms in total. The standard InChI is InChI=1S/C16H17FN2S/c1-12(2)19(11-15-4-3-7-20-15)10-14-6-5-13(9-18)8-16(14)17/h3-8,12H,10-11H2,1-2H3. The van der Waals surface area contributed by atoms with Crippen molar-refractivity contribution >= 4 is 11.3 Å². The molecule has 20 heavy (non-hydrogen) atoms. The molecule has 0 fully saturated rings. The Morgan fingerprint density at radius 2 is 2.10 bits per heavy atom. The Hall–Kier alpha value is -1.70. The molecule has 1 aromatic carbocycles. The summed E-state index contributed by atoms with van der Waals surface area (Å²) < 4.78 is 14.0. The number of thiophene rings is 1. The molecule has 0 N–H and O–H groups in total. The summed E-state index contributed by atoms with van der Waals surface area (Å²) in [6, 6.07) is 11.1. The number of hydrogen-bond acceptors (Lipinski definition) is 3. The molecule has 1 heterocycles. The molecule has 4 heteroatoms. The van der Waals surface area contributed by atoms with E-state index in [1.54, 1.807) is 23.5 Å². The first-order valence-corrected chi connectivity index (χ1v) is 7.43. The van der Waals surface area contributed by atoms with Crippen molar-refractivity contribution in [3.8, 4) is 6.07 Å². The van der Waals surface area contributed by atoms with Gasteiger partial charge in [0.25, 0.3) is 0 Å². The van der Waals surface area contributed by atoms with E-state index < -0.39 is 0 Å². The molecule has 0 radical (unpaired) electrons. The summed E-state index contributed by atoms with van der Waals surface area (Å²) in [5.41, 5.74) is 0.995. The van der Waals surface area contributed by atoms with Crippen LogP contribution >= 0.6 is 11.3 Å². The van der Waals surface area contributed by atoms with Gasteiger partial charge < -0.3 is 0 Å². The smallest absolute Gasteiger partial charge is 0.129 e. The van der Waals surface area contributed by atoms with Gasteiger partial charge in [-0.2, -0.15) is 5.26 Å². The van der Waals surface area contributed by atoms with E-state index in [9.17, 15) is 4.39 Å².